The first-order valence-corrected chi connectivity index (χ1v) is 6.57. The summed E-state index contributed by atoms with van der Waals surface area (Å²) in [6.45, 7) is 1.80. The minimum atomic E-state index is -0.212. The van der Waals surface area contributed by atoms with Gasteiger partial charge in [-0.15, -0.1) is 11.3 Å². The van der Waals surface area contributed by atoms with E-state index in [1.54, 1.807) is 19.1 Å². The van der Waals surface area contributed by atoms with Gasteiger partial charge < -0.3 is 0 Å². The largest absolute Gasteiger partial charge is 0.281 e. The van der Waals surface area contributed by atoms with Crippen LogP contribution in [0.3, 0.4) is 0 Å². The fraction of sp³-hybridized carbons (Fsp3) is 0.0769. The highest BCUT2D eigenvalue weighted by molar-refractivity contribution is 7.12. The first kappa shape index (κ1) is 12.8. The molecule has 0 aliphatic rings. The molecule has 2 aromatic rings. The lowest BCUT2D eigenvalue weighted by Crippen LogP contribution is -2.18. The predicted molar refractivity (Wildman–Crippen MR) is 75.4 cm³/mol. The lowest BCUT2D eigenvalue weighted by molar-refractivity contribution is 0.0959. The molecule has 0 saturated carbocycles. The van der Waals surface area contributed by atoms with E-state index in [0.29, 0.717) is 15.6 Å². The summed E-state index contributed by atoms with van der Waals surface area (Å²) in [5.41, 5.74) is 3.99. The van der Waals surface area contributed by atoms with E-state index >= 15 is 0 Å². The normalized spacial score (nSPS) is 11.3. The van der Waals surface area contributed by atoms with E-state index in [1.807, 2.05) is 29.6 Å². The zero-order chi connectivity index (χ0) is 13.0. The van der Waals surface area contributed by atoms with Gasteiger partial charge in [0.25, 0.3) is 5.91 Å². The van der Waals surface area contributed by atoms with Gasteiger partial charge in [-0.25, -0.2) is 5.43 Å². The third kappa shape index (κ3) is 2.97. The van der Waals surface area contributed by atoms with Crippen molar-refractivity contribution in [2.45, 2.75) is 6.92 Å². The summed E-state index contributed by atoms with van der Waals surface area (Å²) >= 11 is 7.42. The van der Waals surface area contributed by atoms with Crippen LogP contribution in [0.15, 0.2) is 46.9 Å². The van der Waals surface area contributed by atoms with E-state index in [2.05, 4.69) is 10.5 Å². The molecule has 92 valence electrons. The number of hydrogen-bond donors (Lipinski definition) is 1. The molecule has 18 heavy (non-hydrogen) atoms. The van der Waals surface area contributed by atoms with Gasteiger partial charge in [0.1, 0.15) is 0 Å². The molecule has 1 N–H and O–H groups in total. The number of carbonyl (C=O) groups excluding carboxylic acids is 1. The third-order valence-electron chi connectivity index (χ3n) is 2.33. The highest BCUT2D eigenvalue weighted by atomic mass is 35.5. The fourth-order valence-electron chi connectivity index (χ4n) is 1.41. The minimum absolute atomic E-state index is 0.212. The topological polar surface area (TPSA) is 41.5 Å². The standard InChI is InChI=1S/C13H11ClN2OS/c1-9(10-5-2-3-6-11(10)14)15-16-13(17)12-7-4-8-18-12/h2-8H,1H3,(H,16,17). The average molecular weight is 279 g/mol. The maximum absolute atomic E-state index is 11.7. The van der Waals surface area contributed by atoms with Crippen LogP contribution >= 0.6 is 22.9 Å². The Labute approximate surface area is 114 Å². The van der Waals surface area contributed by atoms with Crippen LogP contribution in [0.25, 0.3) is 0 Å². The van der Waals surface area contributed by atoms with Gasteiger partial charge in [-0.05, 0) is 24.4 Å². The Morgan fingerprint density at radius 2 is 2.06 bits per heavy atom. The molecule has 1 heterocycles. The fourth-order valence-corrected chi connectivity index (χ4v) is 2.30. The zero-order valence-electron chi connectivity index (χ0n) is 9.68. The Bertz CT molecular complexity index is 578. The van der Waals surface area contributed by atoms with Crippen molar-refractivity contribution in [2.75, 3.05) is 0 Å². The maximum Gasteiger partial charge on any atom is 0.281 e. The van der Waals surface area contributed by atoms with Gasteiger partial charge in [-0.3, -0.25) is 4.79 Å². The van der Waals surface area contributed by atoms with E-state index in [-0.39, 0.29) is 5.91 Å². The summed E-state index contributed by atoms with van der Waals surface area (Å²) in [5.74, 6) is -0.212. The van der Waals surface area contributed by atoms with Crippen molar-refractivity contribution in [1.82, 2.24) is 5.43 Å². The van der Waals surface area contributed by atoms with Crippen LogP contribution < -0.4 is 5.43 Å². The number of thiophene rings is 1. The van der Waals surface area contributed by atoms with Gasteiger partial charge >= 0.3 is 0 Å². The predicted octanol–water partition coefficient (Wildman–Crippen LogP) is 3.56. The average Bonchev–Trinajstić information content (AvgIpc) is 2.90. The van der Waals surface area contributed by atoms with Crippen molar-refractivity contribution >= 4 is 34.6 Å². The summed E-state index contributed by atoms with van der Waals surface area (Å²) < 4.78 is 0. The van der Waals surface area contributed by atoms with Crippen LogP contribution in [0.1, 0.15) is 22.2 Å². The number of hydrogen-bond acceptors (Lipinski definition) is 3. The monoisotopic (exact) mass is 278 g/mol. The molecular weight excluding hydrogens is 268 g/mol. The number of nitrogens with zero attached hydrogens (tertiary/aromatic N) is 1. The first-order valence-electron chi connectivity index (χ1n) is 5.31. The van der Waals surface area contributed by atoms with Crippen molar-refractivity contribution in [3.05, 3.63) is 57.2 Å². The van der Waals surface area contributed by atoms with Crippen LogP contribution in [0.4, 0.5) is 0 Å². The van der Waals surface area contributed by atoms with Crippen molar-refractivity contribution in [3.8, 4) is 0 Å². The lowest BCUT2D eigenvalue weighted by atomic mass is 10.1. The van der Waals surface area contributed by atoms with Gasteiger partial charge in [0, 0.05) is 10.6 Å². The molecule has 5 heteroatoms. The molecule has 1 aromatic carbocycles. The molecule has 3 nitrogen and oxygen atoms in total. The van der Waals surface area contributed by atoms with Crippen LogP contribution in [0.5, 0.6) is 0 Å². The van der Waals surface area contributed by atoms with Crippen LogP contribution in [-0.4, -0.2) is 11.6 Å². The Balaban J connectivity index is 2.11. The SMILES string of the molecule is CC(=NNC(=O)c1cccs1)c1ccccc1Cl. The summed E-state index contributed by atoms with van der Waals surface area (Å²) in [5, 5.41) is 6.51. The Morgan fingerprint density at radius 1 is 1.28 bits per heavy atom. The van der Waals surface area contributed by atoms with Gasteiger partial charge in [0.05, 0.1) is 10.6 Å². The highest BCUT2D eigenvalue weighted by Crippen LogP contribution is 2.15. The van der Waals surface area contributed by atoms with E-state index in [1.165, 1.54) is 11.3 Å². The van der Waals surface area contributed by atoms with Crippen molar-refractivity contribution < 1.29 is 4.79 Å². The molecular formula is C13H11ClN2OS. The number of nitrogens with one attached hydrogen (secondary N) is 1. The number of hydrazone groups is 1. The molecule has 0 radical (unpaired) electrons. The van der Waals surface area contributed by atoms with Crippen LogP contribution in [0, 0.1) is 0 Å². The van der Waals surface area contributed by atoms with Gasteiger partial charge in [0.2, 0.25) is 0 Å². The molecule has 2 rings (SSSR count). The second-order valence-electron chi connectivity index (χ2n) is 3.60. The molecule has 0 aliphatic heterocycles. The molecule has 0 fully saturated rings. The Hall–Kier alpha value is -1.65. The maximum atomic E-state index is 11.7. The zero-order valence-corrected chi connectivity index (χ0v) is 11.3. The van der Waals surface area contributed by atoms with Gasteiger partial charge in [-0.1, -0.05) is 35.9 Å². The molecule has 0 spiro atoms. The number of amides is 1. The molecule has 0 unspecified atom stereocenters. The molecule has 0 aliphatic carbocycles. The van der Waals surface area contributed by atoms with Crippen molar-refractivity contribution in [3.63, 3.8) is 0 Å². The summed E-state index contributed by atoms with van der Waals surface area (Å²) in [4.78, 5) is 12.3. The summed E-state index contributed by atoms with van der Waals surface area (Å²) in [6.07, 6.45) is 0. The smallest absolute Gasteiger partial charge is 0.266 e. The number of halogens is 1. The summed E-state index contributed by atoms with van der Waals surface area (Å²) in [7, 11) is 0. The first-order chi connectivity index (χ1) is 8.68. The van der Waals surface area contributed by atoms with E-state index in [4.69, 9.17) is 11.6 Å². The van der Waals surface area contributed by atoms with Crippen molar-refractivity contribution in [1.29, 1.82) is 0 Å². The second-order valence-corrected chi connectivity index (χ2v) is 4.95. The molecule has 1 aromatic heterocycles. The third-order valence-corrected chi connectivity index (χ3v) is 3.53. The van der Waals surface area contributed by atoms with Crippen LogP contribution in [-0.2, 0) is 0 Å². The number of carbonyl (C=O) groups is 1. The molecule has 0 saturated heterocycles. The van der Waals surface area contributed by atoms with Gasteiger partial charge in [-0.2, -0.15) is 5.10 Å². The van der Waals surface area contributed by atoms with Crippen LogP contribution in [0.2, 0.25) is 5.02 Å². The molecule has 0 atom stereocenters. The minimum Gasteiger partial charge on any atom is -0.266 e. The van der Waals surface area contributed by atoms with Crippen molar-refractivity contribution in [2.24, 2.45) is 5.10 Å². The van der Waals surface area contributed by atoms with E-state index in [9.17, 15) is 4.79 Å². The molecule has 0 bridgehead atoms. The van der Waals surface area contributed by atoms with Gasteiger partial charge in [0.15, 0.2) is 0 Å². The Kier molecular flexibility index (Phi) is 4.12. The number of benzene rings is 1. The lowest BCUT2D eigenvalue weighted by Gasteiger charge is -2.03. The highest BCUT2D eigenvalue weighted by Gasteiger charge is 2.06. The van der Waals surface area contributed by atoms with E-state index < -0.39 is 0 Å². The van der Waals surface area contributed by atoms with E-state index in [0.717, 1.165) is 5.56 Å². The Morgan fingerprint density at radius 3 is 2.72 bits per heavy atom. The summed E-state index contributed by atoms with van der Waals surface area (Å²) in [6, 6.07) is 10.9. The quantitative estimate of drug-likeness (QED) is 0.677. The molecule has 1 amide bonds. The second kappa shape index (κ2) is 5.80. The number of rotatable bonds is 3.